The van der Waals surface area contributed by atoms with E-state index < -0.39 is 11.7 Å². The minimum atomic E-state index is -0.670. The van der Waals surface area contributed by atoms with Crippen LogP contribution in [-0.2, 0) is 6.42 Å². The molecule has 178 valence electrons. The van der Waals surface area contributed by atoms with Gasteiger partial charge >= 0.3 is 0 Å². The highest BCUT2D eigenvalue weighted by Crippen LogP contribution is 2.35. The van der Waals surface area contributed by atoms with Gasteiger partial charge in [0.2, 0.25) is 0 Å². The van der Waals surface area contributed by atoms with Crippen LogP contribution < -0.4 is 5.73 Å². The zero-order valence-corrected chi connectivity index (χ0v) is 20.3. The van der Waals surface area contributed by atoms with Gasteiger partial charge in [0.05, 0.1) is 22.0 Å². The molecule has 0 bridgehead atoms. The quantitative estimate of drug-likeness (QED) is 0.583. The Morgan fingerprint density at radius 1 is 1.12 bits per heavy atom. The monoisotopic (exact) mass is 482 g/mol. The molecule has 0 spiro atoms. The second-order valence-corrected chi connectivity index (χ2v) is 9.01. The summed E-state index contributed by atoms with van der Waals surface area (Å²) in [6.45, 7) is 8.80. The first-order valence-corrected chi connectivity index (χ1v) is 11.8. The zero-order chi connectivity index (χ0) is 24.4. The summed E-state index contributed by atoms with van der Waals surface area (Å²) in [5.41, 5.74) is 8.91. The SMILES string of the molecule is CCc1ncnc(-c2cc(F)c(C(=O)N3CCN(C(C)C)CC3)c(Cl)c2)c1-c1ccc(N)nc1. The predicted octanol–water partition coefficient (Wildman–Crippen LogP) is 4.31. The van der Waals surface area contributed by atoms with Gasteiger partial charge in [-0.2, -0.15) is 0 Å². The van der Waals surface area contributed by atoms with Crippen molar-refractivity contribution in [2.75, 3.05) is 31.9 Å². The third kappa shape index (κ3) is 4.74. The second kappa shape index (κ2) is 10.0. The molecule has 0 unspecified atom stereocenters. The van der Waals surface area contributed by atoms with Gasteiger partial charge in [-0.05, 0) is 44.5 Å². The molecule has 0 atom stereocenters. The average molecular weight is 483 g/mol. The molecule has 1 saturated heterocycles. The summed E-state index contributed by atoms with van der Waals surface area (Å²) in [4.78, 5) is 30.1. The van der Waals surface area contributed by atoms with Gasteiger partial charge in [-0.15, -0.1) is 0 Å². The molecule has 1 fully saturated rings. The number of anilines is 1. The van der Waals surface area contributed by atoms with E-state index in [9.17, 15) is 4.79 Å². The Morgan fingerprint density at radius 3 is 2.44 bits per heavy atom. The van der Waals surface area contributed by atoms with Crippen LogP contribution in [0.4, 0.5) is 10.2 Å². The van der Waals surface area contributed by atoms with Crippen LogP contribution in [0.3, 0.4) is 0 Å². The van der Waals surface area contributed by atoms with E-state index in [1.807, 2.05) is 13.0 Å². The summed E-state index contributed by atoms with van der Waals surface area (Å²) in [6.07, 6.45) is 3.73. The third-order valence-corrected chi connectivity index (χ3v) is 6.49. The number of benzene rings is 1. The summed E-state index contributed by atoms with van der Waals surface area (Å²) >= 11 is 6.50. The fourth-order valence-corrected chi connectivity index (χ4v) is 4.57. The van der Waals surface area contributed by atoms with Crippen molar-refractivity contribution in [3.63, 3.8) is 0 Å². The van der Waals surface area contributed by atoms with E-state index in [0.717, 1.165) is 29.9 Å². The van der Waals surface area contributed by atoms with E-state index in [2.05, 4.69) is 33.7 Å². The zero-order valence-electron chi connectivity index (χ0n) is 19.6. The number of nitrogen functional groups attached to an aromatic ring is 1. The molecule has 9 heteroatoms. The number of nitrogens with two attached hydrogens (primary N) is 1. The summed E-state index contributed by atoms with van der Waals surface area (Å²) < 4.78 is 15.4. The van der Waals surface area contributed by atoms with Gasteiger partial charge in [0.1, 0.15) is 18.0 Å². The average Bonchev–Trinajstić information content (AvgIpc) is 2.83. The van der Waals surface area contributed by atoms with Crippen molar-refractivity contribution in [1.29, 1.82) is 0 Å². The van der Waals surface area contributed by atoms with Crippen molar-refractivity contribution < 1.29 is 9.18 Å². The lowest BCUT2D eigenvalue weighted by Gasteiger charge is -2.37. The lowest BCUT2D eigenvalue weighted by Crippen LogP contribution is -2.50. The van der Waals surface area contributed by atoms with Gasteiger partial charge in [-0.25, -0.2) is 19.3 Å². The Balaban J connectivity index is 1.71. The summed E-state index contributed by atoms with van der Waals surface area (Å²) in [6, 6.07) is 6.84. The molecule has 0 radical (unpaired) electrons. The Bertz CT molecular complexity index is 1170. The molecule has 3 heterocycles. The molecule has 1 aliphatic heterocycles. The van der Waals surface area contributed by atoms with Crippen LogP contribution in [0.5, 0.6) is 0 Å². The van der Waals surface area contributed by atoms with Crippen molar-refractivity contribution in [2.24, 2.45) is 0 Å². The van der Waals surface area contributed by atoms with Gasteiger partial charge in [0, 0.05) is 55.1 Å². The molecular formula is C25H28ClFN6O. The molecule has 0 saturated carbocycles. The molecule has 34 heavy (non-hydrogen) atoms. The first kappa shape index (κ1) is 24.0. The van der Waals surface area contributed by atoms with E-state index in [4.69, 9.17) is 17.3 Å². The lowest BCUT2D eigenvalue weighted by atomic mass is 9.96. The number of halogens is 2. The minimum Gasteiger partial charge on any atom is -0.384 e. The highest BCUT2D eigenvalue weighted by molar-refractivity contribution is 6.34. The maximum absolute atomic E-state index is 15.4. The van der Waals surface area contributed by atoms with E-state index in [1.54, 1.807) is 23.2 Å². The maximum Gasteiger partial charge on any atom is 0.258 e. The second-order valence-electron chi connectivity index (χ2n) is 8.61. The summed E-state index contributed by atoms with van der Waals surface area (Å²) in [5.74, 6) is -0.666. The Morgan fingerprint density at radius 2 is 1.85 bits per heavy atom. The smallest absolute Gasteiger partial charge is 0.258 e. The lowest BCUT2D eigenvalue weighted by molar-refractivity contribution is 0.0591. The standard InChI is InChI=1S/C25H28ClFN6O/c1-4-20-22(16-5-6-21(28)29-13-16)24(31-14-30-20)17-11-18(26)23(19(27)12-17)25(34)33-9-7-32(8-10-33)15(2)3/h5-6,11-15H,4,7-10H2,1-3H3,(H2,28,29). The number of amides is 1. The number of carbonyl (C=O) groups is 1. The first-order valence-electron chi connectivity index (χ1n) is 11.4. The van der Waals surface area contributed by atoms with Crippen LogP contribution in [0.2, 0.25) is 5.02 Å². The van der Waals surface area contributed by atoms with Crippen molar-refractivity contribution in [3.8, 4) is 22.4 Å². The van der Waals surface area contributed by atoms with E-state index in [-0.39, 0.29) is 10.6 Å². The fraction of sp³-hybridized carbons (Fsp3) is 0.360. The topological polar surface area (TPSA) is 88.2 Å². The first-order chi connectivity index (χ1) is 16.3. The Hall–Kier alpha value is -3.10. The number of hydrogen-bond acceptors (Lipinski definition) is 6. The number of nitrogens with zero attached hydrogens (tertiary/aromatic N) is 5. The summed E-state index contributed by atoms with van der Waals surface area (Å²) in [7, 11) is 0. The van der Waals surface area contributed by atoms with Gasteiger partial charge in [0.25, 0.3) is 5.91 Å². The molecule has 7 nitrogen and oxygen atoms in total. The molecule has 2 aromatic heterocycles. The predicted molar refractivity (Wildman–Crippen MR) is 132 cm³/mol. The Kier molecular flexibility index (Phi) is 7.09. The van der Waals surface area contributed by atoms with Gasteiger partial charge in [-0.3, -0.25) is 9.69 Å². The maximum atomic E-state index is 15.4. The molecule has 0 aliphatic carbocycles. The number of carbonyl (C=O) groups excluding carboxylic acids is 1. The van der Waals surface area contributed by atoms with Crippen molar-refractivity contribution in [1.82, 2.24) is 24.8 Å². The number of aromatic nitrogens is 3. The van der Waals surface area contributed by atoms with Crippen LogP contribution in [0.25, 0.3) is 22.4 Å². The van der Waals surface area contributed by atoms with Crippen molar-refractivity contribution >= 4 is 23.3 Å². The number of piperazine rings is 1. The molecule has 2 N–H and O–H groups in total. The van der Waals surface area contributed by atoms with Gasteiger partial charge in [0.15, 0.2) is 0 Å². The number of rotatable bonds is 5. The number of pyridine rings is 1. The molecular weight excluding hydrogens is 455 g/mol. The molecule has 1 aromatic carbocycles. The molecule has 1 amide bonds. The third-order valence-electron chi connectivity index (χ3n) is 6.20. The minimum absolute atomic E-state index is 0.0596. The van der Waals surface area contributed by atoms with E-state index in [0.29, 0.717) is 42.6 Å². The normalized spacial score (nSPS) is 14.6. The largest absolute Gasteiger partial charge is 0.384 e. The van der Waals surface area contributed by atoms with Gasteiger partial charge < -0.3 is 10.6 Å². The van der Waals surface area contributed by atoms with Crippen LogP contribution in [0, 0.1) is 5.82 Å². The Labute approximate surface area is 203 Å². The molecule has 3 aromatic rings. The van der Waals surface area contributed by atoms with Crippen LogP contribution in [0.15, 0.2) is 36.8 Å². The van der Waals surface area contributed by atoms with Crippen LogP contribution in [-0.4, -0.2) is 62.9 Å². The fourth-order valence-electron chi connectivity index (χ4n) is 4.28. The van der Waals surface area contributed by atoms with E-state index in [1.165, 1.54) is 12.4 Å². The van der Waals surface area contributed by atoms with Crippen molar-refractivity contribution in [3.05, 3.63) is 58.9 Å². The van der Waals surface area contributed by atoms with Crippen LogP contribution in [0.1, 0.15) is 36.8 Å². The highest BCUT2D eigenvalue weighted by Gasteiger charge is 2.28. The number of hydrogen-bond donors (Lipinski definition) is 1. The van der Waals surface area contributed by atoms with Crippen molar-refractivity contribution in [2.45, 2.75) is 33.2 Å². The highest BCUT2D eigenvalue weighted by atomic mass is 35.5. The van der Waals surface area contributed by atoms with Crippen LogP contribution >= 0.6 is 11.6 Å². The van der Waals surface area contributed by atoms with Gasteiger partial charge in [-0.1, -0.05) is 18.5 Å². The molecule has 1 aliphatic rings. The summed E-state index contributed by atoms with van der Waals surface area (Å²) in [5, 5.41) is 0.0596. The molecule has 4 rings (SSSR count). The number of aryl methyl sites for hydroxylation is 1. The van der Waals surface area contributed by atoms with E-state index >= 15 is 4.39 Å².